The van der Waals surface area contributed by atoms with Crippen molar-refractivity contribution in [3.63, 3.8) is 0 Å². The van der Waals surface area contributed by atoms with Crippen LogP contribution in [0.25, 0.3) is 0 Å². The third-order valence-electron chi connectivity index (χ3n) is 3.64. The summed E-state index contributed by atoms with van der Waals surface area (Å²) in [5.41, 5.74) is 5.61. The molecule has 1 unspecified atom stereocenters. The second kappa shape index (κ2) is 7.19. The Kier molecular flexibility index (Phi) is 5.79. The standard InChI is InChI=1S/C14H24N2O3S2/c1-3-7-19-12-5-4-6-16(10-12)21(17,18)14-8-13(9-15)20-11(14)2/h8,12H,3-7,9-10,15H2,1-2H3. The monoisotopic (exact) mass is 332 g/mol. The van der Waals surface area contributed by atoms with Gasteiger partial charge < -0.3 is 10.5 Å². The second-order valence-electron chi connectivity index (χ2n) is 5.34. The van der Waals surface area contributed by atoms with E-state index in [-0.39, 0.29) is 6.10 Å². The van der Waals surface area contributed by atoms with Gasteiger partial charge in [0.2, 0.25) is 10.0 Å². The number of hydrogen-bond acceptors (Lipinski definition) is 5. The molecule has 0 radical (unpaired) electrons. The van der Waals surface area contributed by atoms with Gasteiger partial charge in [-0.2, -0.15) is 4.31 Å². The SMILES string of the molecule is CCCOC1CCCN(S(=O)(=O)c2cc(CN)sc2C)C1. The van der Waals surface area contributed by atoms with Gasteiger partial charge in [-0.3, -0.25) is 0 Å². The van der Waals surface area contributed by atoms with Crippen molar-refractivity contribution in [2.75, 3.05) is 19.7 Å². The van der Waals surface area contributed by atoms with Crippen molar-refractivity contribution in [2.45, 2.75) is 50.7 Å². The number of nitrogens with zero attached hydrogens (tertiary/aromatic N) is 1. The van der Waals surface area contributed by atoms with E-state index >= 15 is 0 Å². The van der Waals surface area contributed by atoms with Gasteiger partial charge in [0.05, 0.1) is 11.0 Å². The molecule has 1 aromatic heterocycles. The largest absolute Gasteiger partial charge is 0.377 e. The number of aryl methyl sites for hydroxylation is 1. The third-order valence-corrected chi connectivity index (χ3v) is 6.83. The molecule has 1 aromatic rings. The van der Waals surface area contributed by atoms with Crippen molar-refractivity contribution in [2.24, 2.45) is 5.73 Å². The summed E-state index contributed by atoms with van der Waals surface area (Å²) in [6.45, 7) is 5.99. The fourth-order valence-corrected chi connectivity index (χ4v) is 5.56. The van der Waals surface area contributed by atoms with Crippen molar-refractivity contribution < 1.29 is 13.2 Å². The van der Waals surface area contributed by atoms with E-state index in [1.54, 1.807) is 10.4 Å². The molecule has 0 spiro atoms. The highest BCUT2D eigenvalue weighted by Gasteiger charge is 2.32. The summed E-state index contributed by atoms with van der Waals surface area (Å²) < 4.78 is 32.9. The van der Waals surface area contributed by atoms with Crippen molar-refractivity contribution >= 4 is 21.4 Å². The average molecular weight is 332 g/mol. The van der Waals surface area contributed by atoms with Crippen molar-refractivity contribution in [3.05, 3.63) is 15.8 Å². The molecule has 0 aromatic carbocycles. The van der Waals surface area contributed by atoms with Crippen LogP contribution in [0.4, 0.5) is 0 Å². The molecule has 120 valence electrons. The molecule has 7 heteroatoms. The van der Waals surface area contributed by atoms with Crippen LogP contribution in [0.15, 0.2) is 11.0 Å². The lowest BCUT2D eigenvalue weighted by Crippen LogP contribution is -2.43. The summed E-state index contributed by atoms with van der Waals surface area (Å²) in [5.74, 6) is 0. The highest BCUT2D eigenvalue weighted by atomic mass is 32.2. The molecular formula is C14H24N2O3S2. The number of sulfonamides is 1. The van der Waals surface area contributed by atoms with Crippen LogP contribution < -0.4 is 5.73 Å². The Morgan fingerprint density at radius 2 is 2.29 bits per heavy atom. The summed E-state index contributed by atoms with van der Waals surface area (Å²) >= 11 is 1.46. The molecule has 1 saturated heterocycles. The van der Waals surface area contributed by atoms with E-state index in [2.05, 4.69) is 6.92 Å². The first-order chi connectivity index (χ1) is 9.98. The normalized spacial score (nSPS) is 20.8. The molecule has 1 aliphatic rings. The Balaban J connectivity index is 2.16. The highest BCUT2D eigenvalue weighted by Crippen LogP contribution is 2.29. The molecule has 2 heterocycles. The number of rotatable bonds is 6. The van der Waals surface area contributed by atoms with Gasteiger partial charge in [0, 0.05) is 36.0 Å². The van der Waals surface area contributed by atoms with Crippen LogP contribution in [0.5, 0.6) is 0 Å². The van der Waals surface area contributed by atoms with Crippen LogP contribution in [0.3, 0.4) is 0 Å². The third kappa shape index (κ3) is 3.84. The lowest BCUT2D eigenvalue weighted by atomic mass is 10.1. The molecule has 1 fully saturated rings. The predicted molar refractivity (Wildman–Crippen MR) is 85.0 cm³/mol. The maximum absolute atomic E-state index is 12.8. The minimum atomic E-state index is -3.43. The molecule has 2 rings (SSSR count). The van der Waals surface area contributed by atoms with Gasteiger partial charge >= 0.3 is 0 Å². The van der Waals surface area contributed by atoms with Gasteiger partial charge in [0.1, 0.15) is 0 Å². The van der Waals surface area contributed by atoms with E-state index in [1.165, 1.54) is 11.3 Å². The fraction of sp³-hybridized carbons (Fsp3) is 0.714. The summed E-state index contributed by atoms with van der Waals surface area (Å²) in [5, 5.41) is 0. The second-order valence-corrected chi connectivity index (χ2v) is 8.58. The Morgan fingerprint density at radius 3 is 2.90 bits per heavy atom. The van der Waals surface area contributed by atoms with Gasteiger partial charge in [0.25, 0.3) is 0 Å². The number of piperidine rings is 1. The topological polar surface area (TPSA) is 72.6 Å². The number of hydrogen-bond donors (Lipinski definition) is 1. The van der Waals surface area contributed by atoms with Crippen LogP contribution in [0, 0.1) is 6.92 Å². The molecule has 21 heavy (non-hydrogen) atoms. The molecule has 1 atom stereocenters. The Hall–Kier alpha value is -0.470. The molecular weight excluding hydrogens is 308 g/mol. The average Bonchev–Trinajstić information content (AvgIpc) is 2.87. The summed E-state index contributed by atoms with van der Waals surface area (Å²) in [6, 6.07) is 1.71. The zero-order chi connectivity index (χ0) is 15.5. The van der Waals surface area contributed by atoms with E-state index in [4.69, 9.17) is 10.5 Å². The van der Waals surface area contributed by atoms with Gasteiger partial charge in [-0.05, 0) is 32.3 Å². The quantitative estimate of drug-likeness (QED) is 0.866. The molecule has 0 amide bonds. The zero-order valence-corrected chi connectivity index (χ0v) is 14.3. The number of thiophene rings is 1. The van der Waals surface area contributed by atoms with Crippen molar-refractivity contribution in [3.8, 4) is 0 Å². The summed E-state index contributed by atoms with van der Waals surface area (Å²) in [4.78, 5) is 2.12. The Labute approximate surface area is 131 Å². The van der Waals surface area contributed by atoms with E-state index in [1.807, 2.05) is 6.92 Å². The molecule has 0 aliphatic carbocycles. The zero-order valence-electron chi connectivity index (χ0n) is 12.7. The summed E-state index contributed by atoms with van der Waals surface area (Å²) in [6.07, 6.45) is 2.75. The maximum Gasteiger partial charge on any atom is 0.244 e. The lowest BCUT2D eigenvalue weighted by molar-refractivity contribution is 0.0193. The molecule has 1 aliphatic heterocycles. The molecule has 2 N–H and O–H groups in total. The van der Waals surface area contributed by atoms with Gasteiger partial charge in [-0.15, -0.1) is 11.3 Å². The van der Waals surface area contributed by atoms with Crippen molar-refractivity contribution in [1.29, 1.82) is 0 Å². The van der Waals surface area contributed by atoms with Crippen molar-refractivity contribution in [1.82, 2.24) is 4.31 Å². The highest BCUT2D eigenvalue weighted by molar-refractivity contribution is 7.89. The Bertz CT molecular complexity index is 569. The minimum Gasteiger partial charge on any atom is -0.377 e. The molecule has 5 nitrogen and oxygen atoms in total. The first-order valence-corrected chi connectivity index (χ1v) is 9.65. The fourth-order valence-electron chi connectivity index (χ4n) is 2.56. The van der Waals surface area contributed by atoms with Crippen LogP contribution in [0.1, 0.15) is 35.9 Å². The van der Waals surface area contributed by atoms with Gasteiger partial charge in [0.15, 0.2) is 0 Å². The van der Waals surface area contributed by atoms with Crippen LogP contribution in [-0.2, 0) is 21.3 Å². The minimum absolute atomic E-state index is 0.0152. The van der Waals surface area contributed by atoms with Crippen LogP contribution in [0.2, 0.25) is 0 Å². The number of nitrogens with two attached hydrogens (primary N) is 1. The van der Waals surface area contributed by atoms with E-state index in [0.717, 1.165) is 29.0 Å². The first-order valence-electron chi connectivity index (χ1n) is 7.40. The van der Waals surface area contributed by atoms with Crippen LogP contribution >= 0.6 is 11.3 Å². The first kappa shape index (κ1) is 16.9. The lowest BCUT2D eigenvalue weighted by Gasteiger charge is -2.31. The number of ether oxygens (including phenoxy) is 1. The summed E-state index contributed by atoms with van der Waals surface area (Å²) in [7, 11) is -3.43. The van der Waals surface area contributed by atoms with Crippen LogP contribution in [-0.4, -0.2) is 38.5 Å². The Morgan fingerprint density at radius 1 is 1.52 bits per heavy atom. The van der Waals surface area contributed by atoms with Gasteiger partial charge in [-0.1, -0.05) is 6.92 Å². The van der Waals surface area contributed by atoms with E-state index < -0.39 is 10.0 Å². The smallest absolute Gasteiger partial charge is 0.244 e. The van der Waals surface area contributed by atoms with Gasteiger partial charge in [-0.25, -0.2) is 8.42 Å². The predicted octanol–water partition coefficient (Wildman–Crippen LogP) is 2.09. The van der Waals surface area contributed by atoms with E-state index in [0.29, 0.717) is 31.1 Å². The molecule has 0 bridgehead atoms. The molecule has 0 saturated carbocycles. The maximum atomic E-state index is 12.8. The van der Waals surface area contributed by atoms with E-state index in [9.17, 15) is 8.42 Å².